The topological polar surface area (TPSA) is 88.0 Å². The Kier molecular flexibility index (Phi) is 9.66. The Morgan fingerprint density at radius 1 is 1.19 bits per heavy atom. The standard InChI is InChI=1S/C35H41N7O/c1-5-6-9-27(17-20-37-24-43)22-28-12-13-29-23-30(14-15-32(28)29)42(26(3)31-10-7-18-38-34(31)36-4)35-25(2)11-16-33(40-35)41-21-8-19-39-41/h5,7-8,10-11,14-16,18-19,21,23-24,27-28H,1,3,6,9,12-13,17,20,22H2,2,4H3,(H,36,38)(H,37,43). The lowest BCUT2D eigenvalue weighted by molar-refractivity contribution is -0.109. The zero-order valence-corrected chi connectivity index (χ0v) is 25.2. The van der Waals surface area contributed by atoms with Crippen LogP contribution in [0, 0.1) is 12.8 Å². The maximum absolute atomic E-state index is 10.8. The third-order valence-corrected chi connectivity index (χ3v) is 8.40. The lowest BCUT2D eigenvalue weighted by Gasteiger charge is -2.29. The van der Waals surface area contributed by atoms with Gasteiger partial charge in [0.15, 0.2) is 5.82 Å². The van der Waals surface area contributed by atoms with Crippen LogP contribution in [0.1, 0.15) is 60.3 Å². The van der Waals surface area contributed by atoms with Gasteiger partial charge in [0.05, 0.1) is 5.70 Å². The third-order valence-electron chi connectivity index (χ3n) is 8.40. The molecule has 8 nitrogen and oxygen atoms in total. The van der Waals surface area contributed by atoms with Crippen LogP contribution in [0.4, 0.5) is 17.3 Å². The Balaban J connectivity index is 1.51. The molecule has 0 fully saturated rings. The molecule has 222 valence electrons. The van der Waals surface area contributed by atoms with E-state index >= 15 is 0 Å². The highest BCUT2D eigenvalue weighted by Gasteiger charge is 2.28. The second-order valence-corrected chi connectivity index (χ2v) is 11.1. The van der Waals surface area contributed by atoms with Crippen molar-refractivity contribution >= 4 is 29.4 Å². The molecule has 1 aromatic carbocycles. The fourth-order valence-electron chi connectivity index (χ4n) is 6.19. The van der Waals surface area contributed by atoms with Crippen LogP contribution < -0.4 is 15.5 Å². The van der Waals surface area contributed by atoms with Gasteiger partial charge in [0.25, 0.3) is 0 Å². The van der Waals surface area contributed by atoms with Crippen molar-refractivity contribution in [2.45, 2.75) is 51.4 Å². The maximum Gasteiger partial charge on any atom is 0.207 e. The second kappa shape index (κ2) is 14.0. The number of aryl methyl sites for hydroxylation is 2. The number of carbonyl (C=O) groups excluding carboxylic acids is 1. The van der Waals surface area contributed by atoms with Crippen molar-refractivity contribution in [2.24, 2.45) is 5.92 Å². The summed E-state index contributed by atoms with van der Waals surface area (Å²) < 4.78 is 1.77. The van der Waals surface area contributed by atoms with E-state index in [9.17, 15) is 4.79 Å². The Morgan fingerprint density at radius 3 is 2.84 bits per heavy atom. The monoisotopic (exact) mass is 575 g/mol. The van der Waals surface area contributed by atoms with E-state index in [-0.39, 0.29) is 0 Å². The number of aromatic nitrogens is 4. The first kappa shape index (κ1) is 29.8. The van der Waals surface area contributed by atoms with E-state index in [1.54, 1.807) is 17.1 Å². The van der Waals surface area contributed by atoms with Crippen LogP contribution in [0.15, 0.2) is 86.4 Å². The summed E-state index contributed by atoms with van der Waals surface area (Å²) in [5.41, 5.74) is 6.53. The first-order valence-electron chi connectivity index (χ1n) is 15.0. The summed E-state index contributed by atoms with van der Waals surface area (Å²) in [7, 11) is 1.87. The van der Waals surface area contributed by atoms with Gasteiger partial charge in [-0.1, -0.05) is 24.8 Å². The van der Waals surface area contributed by atoms with Gasteiger partial charge in [0, 0.05) is 43.4 Å². The van der Waals surface area contributed by atoms with Crippen LogP contribution in [0.5, 0.6) is 0 Å². The number of rotatable bonds is 15. The number of pyridine rings is 2. The number of allylic oxidation sites excluding steroid dienone is 1. The first-order chi connectivity index (χ1) is 21.0. The van der Waals surface area contributed by atoms with Crippen molar-refractivity contribution in [1.29, 1.82) is 0 Å². The number of carbonyl (C=O) groups is 1. The van der Waals surface area contributed by atoms with Crippen LogP contribution in [-0.2, 0) is 11.2 Å². The van der Waals surface area contributed by atoms with Crippen molar-refractivity contribution in [2.75, 3.05) is 23.8 Å². The zero-order valence-electron chi connectivity index (χ0n) is 25.2. The van der Waals surface area contributed by atoms with Crippen LogP contribution in [-0.4, -0.2) is 39.8 Å². The van der Waals surface area contributed by atoms with Crippen LogP contribution >= 0.6 is 0 Å². The first-order valence-corrected chi connectivity index (χ1v) is 15.0. The average Bonchev–Trinajstić information content (AvgIpc) is 3.71. The molecular formula is C35H41N7O. The molecule has 3 aromatic heterocycles. The van der Waals surface area contributed by atoms with Crippen molar-refractivity contribution in [3.05, 3.63) is 109 Å². The van der Waals surface area contributed by atoms with Gasteiger partial charge in [0.1, 0.15) is 11.6 Å². The molecule has 1 aliphatic carbocycles. The normalized spacial score (nSPS) is 14.5. The van der Waals surface area contributed by atoms with E-state index in [1.807, 2.05) is 43.6 Å². The molecule has 5 rings (SSSR count). The molecule has 1 amide bonds. The van der Waals surface area contributed by atoms with Gasteiger partial charge in [-0.3, -0.25) is 9.69 Å². The summed E-state index contributed by atoms with van der Waals surface area (Å²) >= 11 is 0. The van der Waals surface area contributed by atoms with Crippen molar-refractivity contribution in [3.8, 4) is 5.82 Å². The molecular weight excluding hydrogens is 534 g/mol. The molecule has 8 heteroatoms. The van der Waals surface area contributed by atoms with Gasteiger partial charge < -0.3 is 10.6 Å². The molecule has 4 aromatic rings. The molecule has 2 N–H and O–H groups in total. The van der Waals surface area contributed by atoms with Crippen molar-refractivity contribution in [3.63, 3.8) is 0 Å². The van der Waals surface area contributed by atoms with Crippen LogP contribution in [0.3, 0.4) is 0 Å². The van der Waals surface area contributed by atoms with Crippen molar-refractivity contribution < 1.29 is 4.79 Å². The molecule has 0 spiro atoms. The number of benzene rings is 1. The lowest BCUT2D eigenvalue weighted by Crippen LogP contribution is -2.19. The molecule has 0 saturated heterocycles. The smallest absolute Gasteiger partial charge is 0.207 e. The Morgan fingerprint density at radius 2 is 2.07 bits per heavy atom. The number of nitrogens with zero attached hydrogens (tertiary/aromatic N) is 5. The highest BCUT2D eigenvalue weighted by molar-refractivity contribution is 5.90. The molecule has 0 radical (unpaired) electrons. The van der Waals surface area contributed by atoms with Crippen molar-refractivity contribution in [1.82, 2.24) is 25.1 Å². The fourth-order valence-corrected chi connectivity index (χ4v) is 6.19. The number of anilines is 3. The number of amides is 1. The van der Waals surface area contributed by atoms with Gasteiger partial charge in [-0.05, 0) is 110 Å². The van der Waals surface area contributed by atoms with Gasteiger partial charge >= 0.3 is 0 Å². The number of hydrogen-bond donors (Lipinski definition) is 2. The van der Waals surface area contributed by atoms with E-state index < -0.39 is 0 Å². The average molecular weight is 576 g/mol. The maximum atomic E-state index is 10.8. The highest BCUT2D eigenvalue weighted by atomic mass is 16.1. The molecule has 0 saturated carbocycles. The van der Waals surface area contributed by atoms with Gasteiger partial charge in [-0.25, -0.2) is 14.6 Å². The number of hydrogen-bond acceptors (Lipinski definition) is 6. The summed E-state index contributed by atoms with van der Waals surface area (Å²) in [5, 5.41) is 10.5. The summed E-state index contributed by atoms with van der Waals surface area (Å²) in [6, 6.07) is 16.7. The summed E-state index contributed by atoms with van der Waals surface area (Å²) in [6.07, 6.45) is 14.6. The summed E-state index contributed by atoms with van der Waals surface area (Å²) in [5.74, 6) is 3.34. The quantitative estimate of drug-likeness (QED) is 0.0905. The Labute approximate surface area is 254 Å². The fraction of sp³-hybridized carbons (Fsp3) is 0.314. The lowest BCUT2D eigenvalue weighted by atomic mass is 9.85. The molecule has 2 unspecified atom stereocenters. The molecule has 0 aliphatic heterocycles. The zero-order chi connectivity index (χ0) is 30.2. The molecule has 1 aliphatic rings. The van der Waals surface area contributed by atoms with Crippen LogP contribution in [0.25, 0.3) is 11.5 Å². The molecule has 43 heavy (non-hydrogen) atoms. The largest absolute Gasteiger partial charge is 0.373 e. The van der Waals surface area contributed by atoms with E-state index in [0.717, 1.165) is 84.9 Å². The highest BCUT2D eigenvalue weighted by Crippen LogP contribution is 2.43. The number of nitrogens with one attached hydrogen (secondary N) is 2. The minimum atomic E-state index is 0.504. The van der Waals surface area contributed by atoms with E-state index in [2.05, 4.69) is 70.0 Å². The molecule has 0 bridgehead atoms. The van der Waals surface area contributed by atoms with E-state index in [1.165, 1.54) is 11.1 Å². The Hall–Kier alpha value is -4.72. The minimum absolute atomic E-state index is 0.504. The van der Waals surface area contributed by atoms with E-state index in [4.69, 9.17) is 4.98 Å². The molecule has 2 atom stereocenters. The minimum Gasteiger partial charge on any atom is -0.373 e. The summed E-state index contributed by atoms with van der Waals surface area (Å²) in [4.78, 5) is 22.6. The van der Waals surface area contributed by atoms with Gasteiger partial charge in [-0.15, -0.1) is 6.58 Å². The van der Waals surface area contributed by atoms with Gasteiger partial charge in [0.2, 0.25) is 6.41 Å². The third kappa shape index (κ3) is 6.69. The Bertz CT molecular complexity index is 1560. The van der Waals surface area contributed by atoms with Gasteiger partial charge in [-0.2, -0.15) is 5.10 Å². The summed E-state index contributed by atoms with van der Waals surface area (Å²) in [6.45, 7) is 11.3. The van der Waals surface area contributed by atoms with E-state index in [0.29, 0.717) is 18.4 Å². The second-order valence-electron chi connectivity index (χ2n) is 11.1. The SMILES string of the molecule is C=CCCC(CCNC=O)CC1CCc2cc(N(C(=C)c3cccnc3NC)c3nc(-n4cccn4)ccc3C)ccc21. The number of fused-ring (bicyclic) bond motifs is 1. The molecule has 3 heterocycles. The predicted molar refractivity (Wildman–Crippen MR) is 175 cm³/mol. The predicted octanol–water partition coefficient (Wildman–Crippen LogP) is 6.96. The van der Waals surface area contributed by atoms with Crippen LogP contribution in [0.2, 0.25) is 0 Å².